The fourth-order valence-electron chi connectivity index (χ4n) is 1.84. The van der Waals surface area contributed by atoms with Gasteiger partial charge in [0.2, 0.25) is 0 Å². The Bertz CT molecular complexity index is 289. The van der Waals surface area contributed by atoms with Crippen molar-refractivity contribution in [3.63, 3.8) is 0 Å². The Balaban J connectivity index is 2.09. The maximum absolute atomic E-state index is 3.59. The van der Waals surface area contributed by atoms with Gasteiger partial charge in [-0.2, -0.15) is 0 Å². The van der Waals surface area contributed by atoms with Crippen LogP contribution in [0.25, 0.3) is 0 Å². The lowest BCUT2D eigenvalue weighted by molar-refractivity contribution is 1.07. The molecule has 1 nitrogen and oxygen atoms in total. The zero-order chi connectivity index (χ0) is 9.47. The van der Waals surface area contributed by atoms with E-state index in [4.69, 9.17) is 0 Å². The van der Waals surface area contributed by atoms with E-state index in [1.165, 1.54) is 5.56 Å². The van der Waals surface area contributed by atoms with E-state index < -0.39 is 8.07 Å². The zero-order valence-electron chi connectivity index (χ0n) is 8.54. The molecule has 70 valence electrons. The minimum Gasteiger partial charge on any atom is -0.307 e. The molecule has 0 radical (unpaired) electrons. The van der Waals surface area contributed by atoms with Crippen LogP contribution in [-0.4, -0.2) is 13.7 Å². The Labute approximate surface area is 81.2 Å². The van der Waals surface area contributed by atoms with Crippen LogP contribution in [0, 0.1) is 0 Å². The summed E-state index contributed by atoms with van der Waals surface area (Å²) >= 11 is 0. The number of rotatable bonds is 2. The third-order valence-electron chi connectivity index (χ3n) is 2.68. The van der Waals surface area contributed by atoms with Crippen LogP contribution in [0.4, 0.5) is 0 Å². The summed E-state index contributed by atoms with van der Waals surface area (Å²) in [7, 11) is -0.980. The van der Waals surface area contributed by atoms with Crippen molar-refractivity contribution >= 4 is 8.07 Å². The van der Waals surface area contributed by atoms with Gasteiger partial charge >= 0.3 is 0 Å². The number of nitrogens with one attached hydrogen (secondary N) is 1. The smallest absolute Gasteiger partial charge is 0.0659 e. The zero-order valence-corrected chi connectivity index (χ0v) is 9.54. The Morgan fingerprint density at radius 3 is 2.15 bits per heavy atom. The van der Waals surface area contributed by atoms with Crippen LogP contribution >= 0.6 is 0 Å². The third-order valence-corrected chi connectivity index (χ3v) is 5.04. The van der Waals surface area contributed by atoms with Gasteiger partial charge in [0.25, 0.3) is 0 Å². The molecule has 0 aliphatic carbocycles. The topological polar surface area (TPSA) is 21.9 Å². The highest BCUT2D eigenvalue weighted by atomic mass is 28.3. The predicted molar refractivity (Wildman–Crippen MR) is 59.5 cm³/mol. The fourth-order valence-corrected chi connectivity index (χ4v) is 3.71. The summed E-state index contributed by atoms with van der Waals surface area (Å²) in [6.07, 6.45) is 0. The molecule has 2 heteroatoms. The second kappa shape index (κ2) is 2.96. The monoisotopic (exact) mass is 191 g/mol. The van der Waals surface area contributed by atoms with Gasteiger partial charge in [-0.05, 0) is 5.56 Å². The van der Waals surface area contributed by atoms with Gasteiger partial charge in [0, 0.05) is 11.7 Å². The van der Waals surface area contributed by atoms with E-state index in [1.807, 2.05) is 0 Å². The highest BCUT2D eigenvalue weighted by Crippen LogP contribution is 2.35. The summed E-state index contributed by atoms with van der Waals surface area (Å²) in [6.45, 7) is 7.27. The summed E-state index contributed by atoms with van der Waals surface area (Å²) < 4.78 is 0. The molecule has 1 aliphatic heterocycles. The molecule has 0 saturated carbocycles. The van der Waals surface area contributed by atoms with Crippen molar-refractivity contribution in [1.82, 2.24) is 5.32 Å². The van der Waals surface area contributed by atoms with E-state index in [0.29, 0.717) is 6.04 Å². The quantitative estimate of drug-likeness (QED) is 0.563. The van der Waals surface area contributed by atoms with E-state index in [-0.39, 0.29) is 0 Å². The normalized spacial score (nSPS) is 27.3. The molecule has 1 aromatic carbocycles. The molecule has 0 aromatic heterocycles. The van der Waals surface area contributed by atoms with Crippen molar-refractivity contribution in [2.24, 2.45) is 0 Å². The first-order valence-corrected chi connectivity index (χ1v) is 8.48. The average Bonchev–Trinajstić information content (AvgIpc) is 2.83. The van der Waals surface area contributed by atoms with Crippen LogP contribution < -0.4 is 5.32 Å². The molecule has 1 heterocycles. The molecular formula is C11H17NSi. The lowest BCUT2D eigenvalue weighted by atomic mass is 10.2. The van der Waals surface area contributed by atoms with Gasteiger partial charge in [0.05, 0.1) is 8.07 Å². The lowest BCUT2D eigenvalue weighted by Gasteiger charge is -2.13. The van der Waals surface area contributed by atoms with Crippen molar-refractivity contribution < 1.29 is 0 Å². The maximum Gasteiger partial charge on any atom is 0.0659 e. The molecule has 1 aliphatic rings. The molecule has 1 N–H and O–H groups in total. The first-order chi connectivity index (χ1) is 6.09. The van der Waals surface area contributed by atoms with E-state index in [1.54, 1.807) is 0 Å². The van der Waals surface area contributed by atoms with Crippen molar-refractivity contribution in [3.05, 3.63) is 35.9 Å². The number of hydrogen-bond acceptors (Lipinski definition) is 1. The highest BCUT2D eigenvalue weighted by Gasteiger charge is 2.46. The summed E-state index contributed by atoms with van der Waals surface area (Å²) in [6, 6.07) is 11.4. The summed E-state index contributed by atoms with van der Waals surface area (Å²) in [5, 5.41) is 3.59. The van der Waals surface area contributed by atoms with Gasteiger partial charge in [0.1, 0.15) is 0 Å². The van der Waals surface area contributed by atoms with E-state index in [0.717, 1.165) is 5.67 Å². The SMILES string of the molecule is C[Si](C)(C)[C@@H]1N[C@@H]1c1ccccc1. The first-order valence-electron chi connectivity index (χ1n) is 4.90. The number of benzene rings is 1. The number of hydrogen-bond donors (Lipinski definition) is 1. The summed E-state index contributed by atoms with van der Waals surface area (Å²) in [4.78, 5) is 0. The lowest BCUT2D eigenvalue weighted by Crippen LogP contribution is -2.30. The van der Waals surface area contributed by atoms with E-state index >= 15 is 0 Å². The summed E-state index contributed by atoms with van der Waals surface area (Å²) in [5.41, 5.74) is 2.24. The molecule has 2 rings (SSSR count). The van der Waals surface area contributed by atoms with Gasteiger partial charge in [-0.15, -0.1) is 0 Å². The van der Waals surface area contributed by atoms with Crippen LogP contribution in [-0.2, 0) is 0 Å². The minimum absolute atomic E-state index is 0.646. The molecule has 0 amide bonds. The average molecular weight is 191 g/mol. The predicted octanol–water partition coefficient (Wildman–Crippen LogP) is 2.58. The standard InChI is InChI=1S/C11H17NSi/c1-13(2,3)11-10(12-11)9-7-5-4-6-8-9/h4-8,10-12H,1-3H3/t10-,11+/m1/s1. The second-order valence-electron chi connectivity index (χ2n) is 4.90. The van der Waals surface area contributed by atoms with E-state index in [9.17, 15) is 0 Å². The molecule has 1 saturated heterocycles. The second-order valence-corrected chi connectivity index (χ2v) is 10.3. The third kappa shape index (κ3) is 1.84. The van der Waals surface area contributed by atoms with Crippen LogP contribution in [0.2, 0.25) is 19.6 Å². The molecule has 2 atom stereocenters. The molecule has 0 bridgehead atoms. The maximum atomic E-state index is 3.59. The largest absolute Gasteiger partial charge is 0.307 e. The van der Waals surface area contributed by atoms with Crippen LogP contribution in [0.1, 0.15) is 11.6 Å². The van der Waals surface area contributed by atoms with Gasteiger partial charge in [-0.1, -0.05) is 50.0 Å². The Hall–Kier alpha value is -0.603. The van der Waals surface area contributed by atoms with Crippen molar-refractivity contribution in [2.45, 2.75) is 31.3 Å². The molecular weight excluding hydrogens is 174 g/mol. The Morgan fingerprint density at radius 1 is 1.08 bits per heavy atom. The van der Waals surface area contributed by atoms with Crippen molar-refractivity contribution in [2.75, 3.05) is 0 Å². The Kier molecular flexibility index (Phi) is 2.04. The summed E-state index contributed by atoms with van der Waals surface area (Å²) in [5.74, 6) is 0. The minimum atomic E-state index is -0.980. The first kappa shape index (κ1) is 8.97. The molecule has 0 spiro atoms. The van der Waals surface area contributed by atoms with E-state index in [2.05, 4.69) is 55.3 Å². The molecule has 0 unspecified atom stereocenters. The molecule has 1 aromatic rings. The molecule has 1 fully saturated rings. The fraction of sp³-hybridized carbons (Fsp3) is 0.455. The van der Waals surface area contributed by atoms with Gasteiger partial charge in [-0.25, -0.2) is 0 Å². The Morgan fingerprint density at radius 2 is 1.69 bits per heavy atom. The van der Waals surface area contributed by atoms with Crippen LogP contribution in [0.3, 0.4) is 0 Å². The van der Waals surface area contributed by atoms with Crippen molar-refractivity contribution in [1.29, 1.82) is 0 Å². The van der Waals surface area contributed by atoms with Crippen LogP contribution in [0.15, 0.2) is 30.3 Å². The highest BCUT2D eigenvalue weighted by molar-refractivity contribution is 6.78. The van der Waals surface area contributed by atoms with Gasteiger partial charge < -0.3 is 5.32 Å². The van der Waals surface area contributed by atoms with Crippen LogP contribution in [0.5, 0.6) is 0 Å². The van der Waals surface area contributed by atoms with Gasteiger partial charge in [-0.3, -0.25) is 0 Å². The molecule has 13 heavy (non-hydrogen) atoms. The van der Waals surface area contributed by atoms with Crippen molar-refractivity contribution in [3.8, 4) is 0 Å². The van der Waals surface area contributed by atoms with Gasteiger partial charge in [0.15, 0.2) is 0 Å².